The van der Waals surface area contributed by atoms with Gasteiger partial charge >= 0.3 is 0 Å². The first-order valence-corrected chi connectivity index (χ1v) is 7.72. The monoisotopic (exact) mass is 278 g/mol. The number of hydrogen-bond acceptors (Lipinski definition) is 2. The Morgan fingerprint density at radius 1 is 1.35 bits per heavy atom. The van der Waals surface area contributed by atoms with Gasteiger partial charge in [0.2, 0.25) is 0 Å². The van der Waals surface area contributed by atoms with Crippen molar-refractivity contribution < 1.29 is 4.39 Å². The normalized spacial score (nSPS) is 19.9. The van der Waals surface area contributed by atoms with Crippen LogP contribution in [0.2, 0.25) is 0 Å². The maximum atomic E-state index is 14.3. The van der Waals surface area contributed by atoms with Gasteiger partial charge in [0.15, 0.2) is 0 Å². The largest absolute Gasteiger partial charge is 0.369 e. The van der Waals surface area contributed by atoms with Crippen molar-refractivity contribution in [3.63, 3.8) is 0 Å². The molecule has 1 aromatic rings. The molecule has 0 aliphatic carbocycles. The minimum absolute atomic E-state index is 0.0699. The summed E-state index contributed by atoms with van der Waals surface area (Å²) in [6, 6.07) is 5.64. The number of benzene rings is 1. The summed E-state index contributed by atoms with van der Waals surface area (Å²) >= 11 is 0. The summed E-state index contributed by atoms with van der Waals surface area (Å²) in [6.07, 6.45) is 4.22. The predicted octanol–water partition coefficient (Wildman–Crippen LogP) is 3.73. The van der Waals surface area contributed by atoms with Gasteiger partial charge in [0, 0.05) is 19.1 Å². The Morgan fingerprint density at radius 2 is 2.00 bits per heavy atom. The third-order valence-corrected chi connectivity index (χ3v) is 4.73. The molecule has 2 nitrogen and oxygen atoms in total. The lowest BCUT2D eigenvalue weighted by molar-refractivity contribution is 0.237. The molecule has 1 aliphatic heterocycles. The van der Waals surface area contributed by atoms with Crippen LogP contribution in [0, 0.1) is 11.2 Å². The lowest BCUT2D eigenvalue weighted by Gasteiger charge is -2.40. The highest BCUT2D eigenvalue weighted by atomic mass is 19.1. The third-order valence-electron chi connectivity index (χ3n) is 4.73. The molecule has 1 aliphatic rings. The van der Waals surface area contributed by atoms with Gasteiger partial charge in [-0.25, -0.2) is 4.39 Å². The van der Waals surface area contributed by atoms with Crippen LogP contribution in [0.3, 0.4) is 0 Å². The number of anilines is 1. The molecule has 1 heterocycles. The van der Waals surface area contributed by atoms with Gasteiger partial charge in [0.1, 0.15) is 5.82 Å². The lowest BCUT2D eigenvalue weighted by Crippen LogP contribution is -2.38. The summed E-state index contributed by atoms with van der Waals surface area (Å²) < 4.78 is 14.3. The van der Waals surface area contributed by atoms with Crippen LogP contribution in [-0.4, -0.2) is 19.1 Å². The Bertz CT molecular complexity index is 448. The molecule has 0 saturated carbocycles. The number of nitrogens with zero attached hydrogens (tertiary/aromatic N) is 1. The summed E-state index contributed by atoms with van der Waals surface area (Å²) in [7, 11) is 0. The highest BCUT2D eigenvalue weighted by Crippen LogP contribution is 2.36. The molecule has 0 aromatic heterocycles. The number of hydrogen-bond donors (Lipinski definition) is 1. The fraction of sp³-hybridized carbons (Fsp3) is 0.647. The van der Waals surface area contributed by atoms with Crippen LogP contribution in [0.15, 0.2) is 18.2 Å². The van der Waals surface area contributed by atoms with Gasteiger partial charge in [-0.15, -0.1) is 0 Å². The maximum absolute atomic E-state index is 14.3. The number of halogens is 1. The van der Waals surface area contributed by atoms with Crippen LogP contribution in [0.25, 0.3) is 0 Å². The molecule has 1 atom stereocenters. The quantitative estimate of drug-likeness (QED) is 0.909. The van der Waals surface area contributed by atoms with Crippen LogP contribution < -0.4 is 10.6 Å². The fourth-order valence-corrected chi connectivity index (χ4v) is 2.95. The van der Waals surface area contributed by atoms with Gasteiger partial charge in [-0.3, -0.25) is 0 Å². The molecule has 0 amide bonds. The second-order valence-electron chi connectivity index (χ2n) is 6.62. The summed E-state index contributed by atoms with van der Waals surface area (Å²) in [5, 5.41) is 0. The smallest absolute Gasteiger partial charge is 0.146 e. The van der Waals surface area contributed by atoms with Crippen molar-refractivity contribution in [2.75, 3.05) is 18.0 Å². The van der Waals surface area contributed by atoms with E-state index in [4.69, 9.17) is 5.73 Å². The first-order chi connectivity index (χ1) is 9.43. The summed E-state index contributed by atoms with van der Waals surface area (Å²) in [5.74, 6) is -0.108. The second-order valence-corrected chi connectivity index (χ2v) is 6.62. The first kappa shape index (κ1) is 15.3. The van der Waals surface area contributed by atoms with Gasteiger partial charge in [-0.05, 0) is 49.3 Å². The molecular formula is C17H27FN2. The van der Waals surface area contributed by atoms with Crippen molar-refractivity contribution in [2.24, 2.45) is 11.1 Å². The van der Waals surface area contributed by atoms with Crippen molar-refractivity contribution in [3.05, 3.63) is 29.6 Å². The Morgan fingerprint density at radius 3 is 2.50 bits per heavy atom. The van der Waals surface area contributed by atoms with Gasteiger partial charge in [-0.2, -0.15) is 0 Å². The Hall–Kier alpha value is -1.09. The van der Waals surface area contributed by atoms with Gasteiger partial charge in [0.05, 0.1) is 5.69 Å². The molecule has 0 spiro atoms. The topological polar surface area (TPSA) is 29.3 Å². The van der Waals surface area contributed by atoms with Crippen molar-refractivity contribution in [1.29, 1.82) is 0 Å². The SMILES string of the molecule is CCC1(C)CCN(c2ccc(CC(C)N)cc2F)CC1. The predicted molar refractivity (Wildman–Crippen MR) is 83.6 cm³/mol. The van der Waals surface area contributed by atoms with Crippen LogP contribution >= 0.6 is 0 Å². The highest BCUT2D eigenvalue weighted by molar-refractivity contribution is 5.49. The zero-order valence-electron chi connectivity index (χ0n) is 13.0. The first-order valence-electron chi connectivity index (χ1n) is 7.72. The van der Waals surface area contributed by atoms with Crippen LogP contribution in [0.4, 0.5) is 10.1 Å². The summed E-state index contributed by atoms with van der Waals surface area (Å²) in [6.45, 7) is 8.44. The minimum Gasteiger partial charge on any atom is -0.369 e. The number of rotatable bonds is 4. The zero-order chi connectivity index (χ0) is 14.8. The molecule has 0 radical (unpaired) electrons. The molecule has 112 valence electrons. The van der Waals surface area contributed by atoms with Gasteiger partial charge in [-0.1, -0.05) is 26.3 Å². The van der Waals surface area contributed by atoms with E-state index in [-0.39, 0.29) is 11.9 Å². The van der Waals surface area contributed by atoms with E-state index in [0.29, 0.717) is 5.41 Å². The van der Waals surface area contributed by atoms with Crippen LogP contribution in [-0.2, 0) is 6.42 Å². The molecule has 0 bridgehead atoms. The second kappa shape index (κ2) is 6.13. The van der Waals surface area contributed by atoms with Gasteiger partial charge in [0.25, 0.3) is 0 Å². The number of piperidine rings is 1. The molecule has 1 saturated heterocycles. The van der Waals surface area contributed by atoms with Crippen molar-refractivity contribution in [1.82, 2.24) is 0 Å². The minimum atomic E-state index is -0.108. The highest BCUT2D eigenvalue weighted by Gasteiger charge is 2.29. The van der Waals surface area contributed by atoms with E-state index in [1.807, 2.05) is 19.1 Å². The third kappa shape index (κ3) is 3.51. The van der Waals surface area contributed by atoms with E-state index >= 15 is 0 Å². The van der Waals surface area contributed by atoms with Gasteiger partial charge < -0.3 is 10.6 Å². The molecule has 20 heavy (non-hydrogen) atoms. The summed E-state index contributed by atoms with van der Waals surface area (Å²) in [4.78, 5) is 2.18. The Balaban J connectivity index is 2.07. The van der Waals surface area contributed by atoms with Crippen molar-refractivity contribution in [2.45, 2.75) is 52.5 Å². The Kier molecular flexibility index (Phi) is 4.69. The van der Waals surface area contributed by atoms with Crippen LogP contribution in [0.1, 0.15) is 45.6 Å². The fourth-order valence-electron chi connectivity index (χ4n) is 2.95. The molecule has 1 aromatic carbocycles. The van der Waals surface area contributed by atoms with E-state index in [0.717, 1.165) is 43.6 Å². The van der Waals surface area contributed by atoms with Crippen molar-refractivity contribution in [3.8, 4) is 0 Å². The van der Waals surface area contributed by atoms with E-state index < -0.39 is 0 Å². The van der Waals surface area contributed by atoms with Crippen LogP contribution in [0.5, 0.6) is 0 Å². The molecular weight excluding hydrogens is 251 g/mol. The molecule has 3 heteroatoms. The molecule has 1 fully saturated rings. The van der Waals surface area contributed by atoms with E-state index in [1.54, 1.807) is 6.07 Å². The average molecular weight is 278 g/mol. The molecule has 2 N–H and O–H groups in total. The lowest BCUT2D eigenvalue weighted by atomic mass is 9.78. The number of nitrogens with two attached hydrogens (primary N) is 1. The molecule has 2 rings (SSSR count). The summed E-state index contributed by atoms with van der Waals surface area (Å²) in [5.41, 5.74) is 7.93. The average Bonchev–Trinajstić information content (AvgIpc) is 2.40. The van der Waals surface area contributed by atoms with E-state index in [9.17, 15) is 4.39 Å². The van der Waals surface area contributed by atoms with E-state index in [1.165, 1.54) is 6.42 Å². The van der Waals surface area contributed by atoms with Crippen molar-refractivity contribution >= 4 is 5.69 Å². The maximum Gasteiger partial charge on any atom is 0.146 e. The standard InChI is InChI=1S/C17H27FN2/c1-4-17(3)7-9-20(10-8-17)16-6-5-14(11-13(2)19)12-15(16)18/h5-6,12-13H,4,7-11,19H2,1-3H3. The molecule has 1 unspecified atom stereocenters. The van der Waals surface area contributed by atoms with E-state index in [2.05, 4.69) is 18.7 Å². The Labute approximate surface area is 122 Å². The zero-order valence-corrected chi connectivity index (χ0v) is 13.0.